The lowest BCUT2D eigenvalue weighted by atomic mass is 9.99. The Balaban J connectivity index is 1.78. The smallest absolute Gasteiger partial charge is 0.269 e. The van der Waals surface area contributed by atoms with E-state index in [0.29, 0.717) is 0 Å². The van der Waals surface area contributed by atoms with Crippen LogP contribution in [0, 0.1) is 16.0 Å². The van der Waals surface area contributed by atoms with Gasteiger partial charge in [0.05, 0.1) is 4.92 Å². The summed E-state index contributed by atoms with van der Waals surface area (Å²) in [5.41, 5.74) is 1.22. The van der Waals surface area contributed by atoms with Crippen LogP contribution < -0.4 is 5.32 Å². The van der Waals surface area contributed by atoms with Crippen LogP contribution in [0.3, 0.4) is 0 Å². The molecule has 2 rings (SSSR count). The molecule has 1 fully saturated rings. The number of likely N-dealkylation sites (N-methyl/N-ethyl adjacent to an activating group) is 1. The SMILES string of the molecule is CN(CCc1cccc([N+](=O)[O-])c1)CC1CCCNC1. The molecule has 5 nitrogen and oxygen atoms in total. The van der Waals surface area contributed by atoms with Crippen molar-refractivity contribution >= 4 is 5.69 Å². The molecule has 1 aromatic rings. The zero-order valence-corrected chi connectivity index (χ0v) is 12.0. The molecule has 0 amide bonds. The predicted octanol–water partition coefficient (Wildman–Crippen LogP) is 2.07. The number of nitro benzene ring substituents is 1. The Hall–Kier alpha value is -1.46. The number of benzene rings is 1. The normalized spacial score (nSPS) is 19.2. The fourth-order valence-electron chi connectivity index (χ4n) is 2.76. The second-order valence-corrected chi connectivity index (χ2v) is 5.65. The van der Waals surface area contributed by atoms with E-state index in [2.05, 4.69) is 17.3 Å². The molecule has 0 aliphatic carbocycles. The van der Waals surface area contributed by atoms with E-state index in [1.54, 1.807) is 18.2 Å². The number of piperidine rings is 1. The molecule has 1 aliphatic rings. The molecule has 1 atom stereocenters. The molecular weight excluding hydrogens is 254 g/mol. The van der Waals surface area contributed by atoms with Gasteiger partial charge in [-0.2, -0.15) is 0 Å². The molecule has 0 radical (unpaired) electrons. The van der Waals surface area contributed by atoms with Crippen LogP contribution >= 0.6 is 0 Å². The lowest BCUT2D eigenvalue weighted by molar-refractivity contribution is -0.384. The highest BCUT2D eigenvalue weighted by molar-refractivity contribution is 5.34. The van der Waals surface area contributed by atoms with Gasteiger partial charge in [-0.3, -0.25) is 10.1 Å². The molecule has 0 saturated carbocycles. The molecule has 0 spiro atoms. The molecule has 1 heterocycles. The summed E-state index contributed by atoms with van der Waals surface area (Å²) in [6.45, 7) is 4.30. The number of non-ortho nitro benzene ring substituents is 1. The van der Waals surface area contributed by atoms with Crippen LogP contribution in [0.25, 0.3) is 0 Å². The molecule has 0 bridgehead atoms. The van der Waals surface area contributed by atoms with Crippen LogP contribution in [0.4, 0.5) is 5.69 Å². The maximum absolute atomic E-state index is 10.7. The van der Waals surface area contributed by atoms with Crippen LogP contribution in [0.1, 0.15) is 18.4 Å². The van der Waals surface area contributed by atoms with Crippen LogP contribution in [0.2, 0.25) is 0 Å². The molecule has 5 heteroatoms. The van der Waals surface area contributed by atoms with E-state index < -0.39 is 0 Å². The molecule has 110 valence electrons. The Labute approximate surface area is 120 Å². The minimum absolute atomic E-state index is 0.182. The third kappa shape index (κ3) is 4.58. The highest BCUT2D eigenvalue weighted by Crippen LogP contribution is 2.15. The minimum Gasteiger partial charge on any atom is -0.316 e. The Kier molecular flexibility index (Phi) is 5.49. The molecule has 1 aromatic carbocycles. The van der Waals surface area contributed by atoms with E-state index in [1.165, 1.54) is 12.8 Å². The van der Waals surface area contributed by atoms with Gasteiger partial charge >= 0.3 is 0 Å². The molecule has 1 aliphatic heterocycles. The van der Waals surface area contributed by atoms with Crippen LogP contribution in [0.15, 0.2) is 24.3 Å². The lowest BCUT2D eigenvalue weighted by Crippen LogP contribution is -2.37. The standard InChI is InChI=1S/C15H23N3O2/c1-17(12-14-5-3-8-16-11-14)9-7-13-4-2-6-15(10-13)18(19)20/h2,4,6,10,14,16H,3,5,7-9,11-12H2,1H3. The van der Waals surface area contributed by atoms with Gasteiger partial charge in [-0.05, 0) is 50.9 Å². The third-order valence-corrected chi connectivity index (χ3v) is 3.87. The number of hydrogen-bond acceptors (Lipinski definition) is 4. The van der Waals surface area contributed by atoms with Gasteiger partial charge in [0, 0.05) is 25.2 Å². The van der Waals surface area contributed by atoms with Gasteiger partial charge < -0.3 is 10.2 Å². The predicted molar refractivity (Wildman–Crippen MR) is 79.9 cm³/mol. The maximum Gasteiger partial charge on any atom is 0.269 e. The van der Waals surface area contributed by atoms with Crippen molar-refractivity contribution in [1.29, 1.82) is 0 Å². The summed E-state index contributed by atoms with van der Waals surface area (Å²) in [6.07, 6.45) is 3.43. The van der Waals surface area contributed by atoms with E-state index in [0.717, 1.165) is 44.1 Å². The second kappa shape index (κ2) is 7.36. The Morgan fingerprint density at radius 1 is 1.50 bits per heavy atom. The topological polar surface area (TPSA) is 58.4 Å². The second-order valence-electron chi connectivity index (χ2n) is 5.65. The van der Waals surface area contributed by atoms with Crippen molar-refractivity contribution in [3.05, 3.63) is 39.9 Å². The number of nitro groups is 1. The van der Waals surface area contributed by atoms with Crippen molar-refractivity contribution < 1.29 is 4.92 Å². The minimum atomic E-state index is -0.332. The van der Waals surface area contributed by atoms with E-state index in [-0.39, 0.29) is 10.6 Å². The molecule has 0 aromatic heterocycles. The number of rotatable bonds is 6. The first kappa shape index (κ1) is 14.9. The van der Waals surface area contributed by atoms with Crippen molar-refractivity contribution in [3.63, 3.8) is 0 Å². The fourth-order valence-corrected chi connectivity index (χ4v) is 2.76. The molecule has 20 heavy (non-hydrogen) atoms. The Morgan fingerprint density at radius 3 is 3.05 bits per heavy atom. The number of hydrogen-bond donors (Lipinski definition) is 1. The number of nitrogens with one attached hydrogen (secondary N) is 1. The van der Waals surface area contributed by atoms with Gasteiger partial charge in [0.1, 0.15) is 0 Å². The largest absolute Gasteiger partial charge is 0.316 e. The van der Waals surface area contributed by atoms with Crippen LogP contribution in [-0.4, -0.2) is 43.0 Å². The van der Waals surface area contributed by atoms with Gasteiger partial charge in [-0.15, -0.1) is 0 Å². The average Bonchev–Trinajstić information content (AvgIpc) is 2.46. The Bertz CT molecular complexity index is 444. The van der Waals surface area contributed by atoms with E-state index in [9.17, 15) is 10.1 Å². The monoisotopic (exact) mass is 277 g/mol. The molecule has 1 saturated heterocycles. The summed E-state index contributed by atoms with van der Waals surface area (Å²) >= 11 is 0. The summed E-state index contributed by atoms with van der Waals surface area (Å²) in [7, 11) is 2.13. The van der Waals surface area contributed by atoms with Crippen LogP contribution in [0.5, 0.6) is 0 Å². The summed E-state index contributed by atoms with van der Waals surface area (Å²) in [4.78, 5) is 12.7. The Morgan fingerprint density at radius 2 is 2.35 bits per heavy atom. The van der Waals surface area contributed by atoms with Crippen molar-refractivity contribution in [2.75, 3.05) is 33.2 Å². The fraction of sp³-hybridized carbons (Fsp3) is 0.600. The highest BCUT2D eigenvalue weighted by atomic mass is 16.6. The van der Waals surface area contributed by atoms with Crippen molar-refractivity contribution in [1.82, 2.24) is 10.2 Å². The highest BCUT2D eigenvalue weighted by Gasteiger charge is 2.15. The zero-order valence-electron chi connectivity index (χ0n) is 12.0. The van der Waals surface area contributed by atoms with Gasteiger partial charge in [-0.1, -0.05) is 12.1 Å². The van der Waals surface area contributed by atoms with Crippen molar-refractivity contribution in [2.24, 2.45) is 5.92 Å². The first-order valence-corrected chi connectivity index (χ1v) is 7.28. The van der Waals surface area contributed by atoms with Gasteiger partial charge in [-0.25, -0.2) is 0 Å². The van der Waals surface area contributed by atoms with E-state index >= 15 is 0 Å². The molecule has 1 N–H and O–H groups in total. The van der Waals surface area contributed by atoms with E-state index in [1.807, 2.05) is 6.07 Å². The summed E-state index contributed by atoms with van der Waals surface area (Å²) < 4.78 is 0. The third-order valence-electron chi connectivity index (χ3n) is 3.87. The molecular formula is C15H23N3O2. The first-order valence-electron chi connectivity index (χ1n) is 7.28. The van der Waals surface area contributed by atoms with Gasteiger partial charge in [0.25, 0.3) is 5.69 Å². The van der Waals surface area contributed by atoms with Crippen molar-refractivity contribution in [2.45, 2.75) is 19.3 Å². The first-order chi connectivity index (χ1) is 9.65. The molecule has 1 unspecified atom stereocenters. The number of nitrogens with zero attached hydrogens (tertiary/aromatic N) is 2. The maximum atomic E-state index is 10.7. The zero-order chi connectivity index (χ0) is 14.4. The summed E-state index contributed by atoms with van der Waals surface area (Å²) in [5.74, 6) is 0.735. The average molecular weight is 277 g/mol. The lowest BCUT2D eigenvalue weighted by Gasteiger charge is -2.27. The quantitative estimate of drug-likeness (QED) is 0.639. The van der Waals surface area contributed by atoms with Crippen molar-refractivity contribution in [3.8, 4) is 0 Å². The summed E-state index contributed by atoms with van der Waals surface area (Å²) in [6, 6.07) is 6.94. The van der Waals surface area contributed by atoms with E-state index in [4.69, 9.17) is 0 Å². The van der Waals surface area contributed by atoms with Crippen LogP contribution in [-0.2, 0) is 6.42 Å². The van der Waals surface area contributed by atoms with Gasteiger partial charge in [0.2, 0.25) is 0 Å². The summed E-state index contributed by atoms with van der Waals surface area (Å²) in [5, 5.41) is 14.2. The van der Waals surface area contributed by atoms with Gasteiger partial charge in [0.15, 0.2) is 0 Å².